The van der Waals surface area contributed by atoms with Crippen LogP contribution < -0.4 is 19.7 Å². The van der Waals surface area contributed by atoms with Gasteiger partial charge in [0.25, 0.3) is 11.8 Å². The van der Waals surface area contributed by atoms with Crippen LogP contribution in [0.2, 0.25) is 0 Å². The van der Waals surface area contributed by atoms with Gasteiger partial charge >= 0.3 is 0 Å². The number of pyridine rings is 1. The van der Waals surface area contributed by atoms with Crippen molar-refractivity contribution in [2.45, 2.75) is 32.6 Å². The monoisotopic (exact) mass is 709 g/mol. The number of para-hydroxylation sites is 1. The predicted molar refractivity (Wildman–Crippen MR) is 199 cm³/mol. The molecule has 0 bridgehead atoms. The lowest BCUT2D eigenvalue weighted by Crippen LogP contribution is -2.47. The maximum Gasteiger partial charge on any atom is 0.258 e. The molecule has 1 fully saturated rings. The number of nitrogens with one attached hydrogen (secondary N) is 1. The van der Waals surface area contributed by atoms with Crippen molar-refractivity contribution in [3.63, 3.8) is 0 Å². The van der Waals surface area contributed by atoms with Gasteiger partial charge in [-0.3, -0.25) is 19.4 Å². The molecule has 10 nitrogen and oxygen atoms in total. The van der Waals surface area contributed by atoms with Crippen LogP contribution in [0, 0.1) is 6.92 Å². The smallest absolute Gasteiger partial charge is 0.258 e. The molecule has 4 aromatic rings. The first-order chi connectivity index (χ1) is 22.7. The minimum atomic E-state index is -0.327. The van der Waals surface area contributed by atoms with E-state index in [1.807, 2.05) is 54.3 Å². The molecule has 0 radical (unpaired) electrons. The first kappa shape index (κ1) is 39.1. The lowest BCUT2D eigenvalue weighted by Gasteiger charge is -2.32. The Morgan fingerprint density at radius 3 is 2.41 bits per heavy atom. The Balaban J connectivity index is 0.00000325. The maximum atomic E-state index is 13.7. The number of aryl methyl sites for hydroxylation is 1. The molecule has 0 unspecified atom stereocenters. The van der Waals surface area contributed by atoms with Crippen LogP contribution in [0.3, 0.4) is 0 Å². The average molecular weight is 711 g/mol. The topological polar surface area (TPSA) is 104 Å². The molecule has 12 heteroatoms. The predicted octanol–water partition coefficient (Wildman–Crippen LogP) is 6.64. The first-order valence-corrected chi connectivity index (χ1v) is 16.1. The summed E-state index contributed by atoms with van der Waals surface area (Å²) in [5.41, 5.74) is 3.54. The van der Waals surface area contributed by atoms with Crippen molar-refractivity contribution in [3.8, 4) is 11.5 Å². The van der Waals surface area contributed by atoms with E-state index in [1.54, 1.807) is 42.4 Å². The Hall–Kier alpha value is -4.38. The summed E-state index contributed by atoms with van der Waals surface area (Å²) >= 11 is 0. The second kappa shape index (κ2) is 18.4. The number of piperazine rings is 1. The molecule has 1 aliphatic heterocycles. The fraction of sp³-hybridized carbons (Fsp3) is 0.351. The minimum Gasteiger partial charge on any atom is -0.495 e. The molecule has 0 atom stereocenters. The number of carbonyl (C=O) groups excluding carboxylic acids is 3. The number of unbranched alkanes of at least 4 members (excludes halogenated alkanes) is 2. The van der Waals surface area contributed by atoms with Crippen LogP contribution in [0.1, 0.15) is 52.0 Å². The van der Waals surface area contributed by atoms with Gasteiger partial charge in [0, 0.05) is 56.8 Å². The Labute approximate surface area is 300 Å². The number of ether oxygens (including phenoxy) is 2. The number of amides is 3. The quantitative estimate of drug-likeness (QED) is 0.165. The van der Waals surface area contributed by atoms with E-state index in [9.17, 15) is 14.4 Å². The van der Waals surface area contributed by atoms with Crippen LogP contribution >= 0.6 is 24.8 Å². The number of anilines is 2. The molecular weight excluding hydrogens is 665 g/mol. The fourth-order valence-corrected chi connectivity index (χ4v) is 5.67. The number of nitrogens with zero attached hydrogens (tertiary/aromatic N) is 4. The molecule has 49 heavy (non-hydrogen) atoms. The SMILES string of the molecule is COc1cc(C(=O)N(C)c2ccc(C)cc2OCCCCCC(=O)N2CCN(C)CC2)ccc1NC(=O)c1cccc2cccnc12.Cl.Cl. The van der Waals surface area contributed by atoms with E-state index >= 15 is 0 Å². The molecule has 262 valence electrons. The van der Waals surface area contributed by atoms with E-state index in [1.165, 1.54) is 7.11 Å². The van der Waals surface area contributed by atoms with E-state index in [4.69, 9.17) is 9.47 Å². The summed E-state index contributed by atoms with van der Waals surface area (Å²) in [6.07, 6.45) is 4.73. The molecule has 1 aromatic heterocycles. The molecule has 2 heterocycles. The first-order valence-electron chi connectivity index (χ1n) is 16.1. The Bertz CT molecular complexity index is 1740. The van der Waals surface area contributed by atoms with Gasteiger partial charge in [0.1, 0.15) is 11.5 Å². The normalized spacial score (nSPS) is 12.8. The summed E-state index contributed by atoms with van der Waals surface area (Å²) in [7, 11) is 5.29. The van der Waals surface area contributed by atoms with E-state index < -0.39 is 0 Å². The number of methoxy groups -OCH3 is 1. The number of halogens is 2. The van der Waals surface area contributed by atoms with Crippen molar-refractivity contribution in [2.24, 2.45) is 0 Å². The van der Waals surface area contributed by atoms with E-state index in [2.05, 4.69) is 22.2 Å². The zero-order valence-corrected chi connectivity index (χ0v) is 30.1. The van der Waals surface area contributed by atoms with Gasteiger partial charge in [-0.2, -0.15) is 0 Å². The van der Waals surface area contributed by atoms with Crippen molar-refractivity contribution in [1.82, 2.24) is 14.8 Å². The van der Waals surface area contributed by atoms with E-state index in [-0.39, 0.29) is 42.5 Å². The van der Waals surface area contributed by atoms with Crippen molar-refractivity contribution >= 4 is 64.8 Å². The number of fused-ring (bicyclic) bond motifs is 1. The van der Waals surface area contributed by atoms with Crippen LogP contribution in [-0.4, -0.2) is 86.5 Å². The van der Waals surface area contributed by atoms with Crippen LogP contribution in [0.5, 0.6) is 11.5 Å². The summed E-state index contributed by atoms with van der Waals surface area (Å²) in [5, 5.41) is 3.77. The van der Waals surface area contributed by atoms with Gasteiger partial charge in [-0.1, -0.05) is 24.3 Å². The van der Waals surface area contributed by atoms with Crippen LogP contribution in [0.4, 0.5) is 11.4 Å². The zero-order chi connectivity index (χ0) is 33.3. The number of aromatic nitrogens is 1. The highest BCUT2D eigenvalue weighted by atomic mass is 35.5. The lowest BCUT2D eigenvalue weighted by molar-refractivity contribution is -0.132. The van der Waals surface area contributed by atoms with E-state index in [0.717, 1.165) is 56.4 Å². The summed E-state index contributed by atoms with van der Waals surface area (Å²) in [6, 6.07) is 19.9. The number of carbonyl (C=O) groups is 3. The summed E-state index contributed by atoms with van der Waals surface area (Å²) < 4.78 is 11.7. The van der Waals surface area contributed by atoms with Gasteiger partial charge in [0.05, 0.1) is 36.2 Å². The van der Waals surface area contributed by atoms with Gasteiger partial charge in [0.15, 0.2) is 0 Å². The van der Waals surface area contributed by atoms with Crippen LogP contribution in [0.25, 0.3) is 10.9 Å². The zero-order valence-electron chi connectivity index (χ0n) is 28.4. The van der Waals surface area contributed by atoms with Crippen molar-refractivity contribution in [2.75, 3.05) is 64.2 Å². The highest BCUT2D eigenvalue weighted by Crippen LogP contribution is 2.32. The second-order valence-corrected chi connectivity index (χ2v) is 11.9. The van der Waals surface area contributed by atoms with E-state index in [0.29, 0.717) is 52.5 Å². The highest BCUT2D eigenvalue weighted by molar-refractivity contribution is 6.13. The standard InChI is InChI=1S/C37H43N5O5.2ClH/c1-26-14-17-31(33(24-26)47-23-7-5-6-13-34(43)42-21-19-40(2)20-22-42)41(3)37(45)28-15-16-30(32(25-28)46-4)39-36(44)29-12-8-10-27-11-9-18-38-35(27)29;;/h8-12,14-18,24-25H,5-7,13,19-23H2,1-4H3,(H,39,44);2*1H. The number of hydrogen-bond acceptors (Lipinski definition) is 7. The molecule has 0 saturated carbocycles. The summed E-state index contributed by atoms with van der Waals surface area (Å²) in [6.45, 7) is 5.93. The fourth-order valence-electron chi connectivity index (χ4n) is 5.67. The summed E-state index contributed by atoms with van der Waals surface area (Å²) in [5.74, 6) is 0.628. The molecule has 0 spiro atoms. The third-order valence-corrected chi connectivity index (χ3v) is 8.50. The molecule has 5 rings (SSSR count). The van der Waals surface area contributed by atoms with Crippen molar-refractivity contribution in [1.29, 1.82) is 0 Å². The third-order valence-electron chi connectivity index (χ3n) is 8.50. The largest absolute Gasteiger partial charge is 0.495 e. The highest BCUT2D eigenvalue weighted by Gasteiger charge is 2.21. The Morgan fingerprint density at radius 1 is 0.898 bits per heavy atom. The Kier molecular flexibility index (Phi) is 14.7. The molecule has 1 aliphatic rings. The van der Waals surface area contributed by atoms with Gasteiger partial charge < -0.3 is 29.5 Å². The average Bonchev–Trinajstić information content (AvgIpc) is 3.09. The van der Waals surface area contributed by atoms with Gasteiger partial charge in [-0.05, 0) is 81.3 Å². The number of rotatable bonds is 12. The third kappa shape index (κ3) is 9.84. The van der Waals surface area contributed by atoms with Crippen molar-refractivity contribution < 1.29 is 23.9 Å². The molecule has 0 aliphatic carbocycles. The molecule has 3 amide bonds. The molecule has 1 saturated heterocycles. The minimum absolute atomic E-state index is 0. The molecular formula is C37H45Cl2N5O5. The lowest BCUT2D eigenvalue weighted by atomic mass is 10.1. The van der Waals surface area contributed by atoms with Crippen LogP contribution in [0.15, 0.2) is 72.9 Å². The number of likely N-dealkylation sites (N-methyl/N-ethyl adjacent to an activating group) is 1. The van der Waals surface area contributed by atoms with Gasteiger partial charge in [-0.15, -0.1) is 24.8 Å². The second-order valence-electron chi connectivity index (χ2n) is 11.9. The molecule has 3 aromatic carbocycles. The summed E-state index contributed by atoms with van der Waals surface area (Å²) in [4.78, 5) is 49.5. The van der Waals surface area contributed by atoms with Gasteiger partial charge in [0.2, 0.25) is 5.91 Å². The Morgan fingerprint density at radius 2 is 1.65 bits per heavy atom. The van der Waals surface area contributed by atoms with Crippen molar-refractivity contribution in [3.05, 3.63) is 89.6 Å². The van der Waals surface area contributed by atoms with Gasteiger partial charge in [-0.25, -0.2) is 0 Å². The van der Waals surface area contributed by atoms with Crippen LogP contribution in [-0.2, 0) is 4.79 Å². The number of benzene rings is 3. The molecule has 1 N–H and O–H groups in total. The number of hydrogen-bond donors (Lipinski definition) is 1. The maximum absolute atomic E-state index is 13.7.